The van der Waals surface area contributed by atoms with Crippen molar-refractivity contribution in [2.45, 2.75) is 6.54 Å². The molecule has 160 valence electrons. The third-order valence-corrected chi connectivity index (χ3v) is 4.64. The van der Waals surface area contributed by atoms with Gasteiger partial charge >= 0.3 is 0 Å². The van der Waals surface area contributed by atoms with Crippen LogP contribution < -0.4 is 14.8 Å². The number of aromatic nitrogens is 2. The molecule has 1 amide bonds. The maximum absolute atomic E-state index is 12.5. The molecule has 0 radical (unpaired) electrons. The highest BCUT2D eigenvalue weighted by atomic mass is 16.5. The summed E-state index contributed by atoms with van der Waals surface area (Å²) >= 11 is 0. The highest BCUT2D eigenvalue weighted by Gasteiger charge is 2.14. The lowest BCUT2D eigenvalue weighted by atomic mass is 10.2. The normalized spacial score (nSPS) is 10.2. The Kier molecular flexibility index (Phi) is 6.23. The maximum atomic E-state index is 12.5. The van der Waals surface area contributed by atoms with Crippen molar-refractivity contribution in [1.82, 2.24) is 9.78 Å². The first-order valence-corrected chi connectivity index (χ1v) is 9.87. The van der Waals surface area contributed by atoms with E-state index in [4.69, 9.17) is 13.9 Å². The molecule has 2 aromatic heterocycles. The zero-order chi connectivity index (χ0) is 22.3. The molecule has 0 bridgehead atoms. The number of carbonyl (C=O) groups excluding carboxylic acids is 1. The lowest BCUT2D eigenvalue weighted by Crippen LogP contribution is -2.10. The second-order valence-electron chi connectivity index (χ2n) is 6.81. The van der Waals surface area contributed by atoms with Gasteiger partial charge in [-0.3, -0.25) is 9.48 Å². The van der Waals surface area contributed by atoms with Crippen LogP contribution in [0, 0.1) is 11.8 Å². The quantitative estimate of drug-likeness (QED) is 0.467. The zero-order valence-corrected chi connectivity index (χ0v) is 17.7. The van der Waals surface area contributed by atoms with Crippen molar-refractivity contribution >= 4 is 11.6 Å². The van der Waals surface area contributed by atoms with E-state index in [-0.39, 0.29) is 11.7 Å². The minimum Gasteiger partial charge on any atom is -0.493 e. The van der Waals surface area contributed by atoms with Crippen LogP contribution in [0.2, 0.25) is 0 Å². The monoisotopic (exact) mass is 427 g/mol. The van der Waals surface area contributed by atoms with Crippen LogP contribution in [-0.4, -0.2) is 29.9 Å². The van der Waals surface area contributed by atoms with Crippen LogP contribution in [0.1, 0.15) is 27.4 Å². The van der Waals surface area contributed by atoms with E-state index < -0.39 is 0 Å². The highest BCUT2D eigenvalue weighted by molar-refractivity contribution is 6.02. The fourth-order valence-electron chi connectivity index (χ4n) is 3.14. The molecule has 2 aromatic carbocycles. The molecule has 32 heavy (non-hydrogen) atoms. The number of hydrogen-bond donors (Lipinski definition) is 1. The number of nitrogens with one attached hydrogen (secondary N) is 1. The van der Waals surface area contributed by atoms with Gasteiger partial charge in [0.25, 0.3) is 5.91 Å². The van der Waals surface area contributed by atoms with Gasteiger partial charge in [0.2, 0.25) is 0 Å². The first-order chi connectivity index (χ1) is 15.7. The number of para-hydroxylation sites is 1. The summed E-state index contributed by atoms with van der Waals surface area (Å²) in [4.78, 5) is 12.5. The molecule has 1 N–H and O–H groups in total. The Morgan fingerprint density at radius 1 is 1.03 bits per heavy atom. The number of ether oxygens (including phenoxy) is 2. The van der Waals surface area contributed by atoms with E-state index in [1.54, 1.807) is 43.4 Å². The second-order valence-corrected chi connectivity index (χ2v) is 6.81. The molecule has 4 rings (SSSR count). The van der Waals surface area contributed by atoms with Gasteiger partial charge in [0.15, 0.2) is 23.0 Å². The van der Waals surface area contributed by atoms with Gasteiger partial charge in [-0.1, -0.05) is 36.3 Å². The molecule has 0 spiro atoms. The van der Waals surface area contributed by atoms with E-state index in [2.05, 4.69) is 22.3 Å². The minimum absolute atomic E-state index is 0.171. The number of carbonyl (C=O) groups is 1. The SMILES string of the molecule is COc1cccc(Cn2cc(NC(=O)c3ccc(C#Cc4ccccc4)o3)cn2)c1OC. The Balaban J connectivity index is 1.42. The molecule has 0 saturated heterocycles. The molecule has 2 heterocycles. The molecule has 0 atom stereocenters. The van der Waals surface area contributed by atoms with Gasteiger partial charge in [-0.15, -0.1) is 0 Å². The number of anilines is 1. The average Bonchev–Trinajstić information content (AvgIpc) is 3.48. The fraction of sp³-hybridized carbons (Fsp3) is 0.120. The second kappa shape index (κ2) is 9.58. The van der Waals surface area contributed by atoms with Crippen molar-refractivity contribution in [2.24, 2.45) is 0 Å². The molecule has 0 unspecified atom stereocenters. The molecule has 0 aliphatic carbocycles. The van der Waals surface area contributed by atoms with Gasteiger partial charge in [0, 0.05) is 17.3 Å². The van der Waals surface area contributed by atoms with Gasteiger partial charge in [0.05, 0.1) is 32.6 Å². The number of benzene rings is 2. The van der Waals surface area contributed by atoms with Crippen LogP contribution >= 0.6 is 0 Å². The summed E-state index contributed by atoms with van der Waals surface area (Å²) in [6.45, 7) is 0.455. The summed E-state index contributed by atoms with van der Waals surface area (Å²) in [6, 6.07) is 18.5. The van der Waals surface area contributed by atoms with Crippen molar-refractivity contribution in [1.29, 1.82) is 0 Å². The van der Waals surface area contributed by atoms with Crippen LogP contribution in [0.4, 0.5) is 5.69 Å². The van der Waals surface area contributed by atoms with E-state index in [1.165, 1.54) is 0 Å². The highest BCUT2D eigenvalue weighted by Crippen LogP contribution is 2.31. The van der Waals surface area contributed by atoms with Crippen molar-refractivity contribution in [3.8, 4) is 23.3 Å². The van der Waals surface area contributed by atoms with Crippen LogP contribution in [-0.2, 0) is 6.54 Å². The van der Waals surface area contributed by atoms with Gasteiger partial charge in [-0.2, -0.15) is 5.10 Å². The Labute approximate surface area is 185 Å². The minimum atomic E-state index is -0.378. The predicted molar refractivity (Wildman–Crippen MR) is 120 cm³/mol. The summed E-state index contributed by atoms with van der Waals surface area (Å²) in [6.07, 6.45) is 3.31. The Hall–Kier alpha value is -4.44. The van der Waals surface area contributed by atoms with Crippen LogP contribution in [0.15, 0.2) is 77.5 Å². The predicted octanol–water partition coefficient (Wildman–Crippen LogP) is 4.19. The number of rotatable bonds is 6. The van der Waals surface area contributed by atoms with Gasteiger partial charge < -0.3 is 19.2 Å². The third kappa shape index (κ3) is 4.82. The molecular weight excluding hydrogens is 406 g/mol. The lowest BCUT2D eigenvalue weighted by molar-refractivity contribution is 0.0996. The topological polar surface area (TPSA) is 78.5 Å². The van der Waals surface area contributed by atoms with E-state index in [0.717, 1.165) is 11.1 Å². The summed E-state index contributed by atoms with van der Waals surface area (Å²) in [5.74, 6) is 7.42. The Bertz CT molecular complexity index is 1280. The smallest absolute Gasteiger partial charge is 0.291 e. The number of amides is 1. The zero-order valence-electron chi connectivity index (χ0n) is 17.7. The van der Waals surface area contributed by atoms with Crippen LogP contribution in [0.5, 0.6) is 11.5 Å². The molecule has 0 aliphatic heterocycles. The Morgan fingerprint density at radius 2 is 1.88 bits per heavy atom. The van der Waals surface area contributed by atoms with Crippen LogP contribution in [0.3, 0.4) is 0 Å². The molecule has 0 aliphatic rings. The molecule has 4 aromatic rings. The van der Waals surface area contributed by atoms with Gasteiger partial charge in [0.1, 0.15) is 0 Å². The summed E-state index contributed by atoms with van der Waals surface area (Å²) in [5, 5.41) is 7.09. The summed E-state index contributed by atoms with van der Waals surface area (Å²) in [5.41, 5.74) is 2.32. The van der Waals surface area contributed by atoms with Gasteiger partial charge in [-0.25, -0.2) is 0 Å². The van der Waals surface area contributed by atoms with Crippen molar-refractivity contribution in [3.63, 3.8) is 0 Å². The summed E-state index contributed by atoms with van der Waals surface area (Å²) < 4.78 is 18.0. The molecule has 0 fully saturated rings. The fourth-order valence-corrected chi connectivity index (χ4v) is 3.14. The standard InChI is InChI=1S/C25H21N3O4/c1-30-22-10-6-9-19(24(22)31-2)16-28-17-20(15-26-28)27-25(29)23-14-13-21(32-23)12-11-18-7-4-3-5-8-18/h3-10,13-15,17H,16H2,1-2H3,(H,27,29). The number of furan rings is 1. The first-order valence-electron chi connectivity index (χ1n) is 9.87. The largest absolute Gasteiger partial charge is 0.493 e. The molecule has 0 saturated carbocycles. The Morgan fingerprint density at radius 3 is 2.66 bits per heavy atom. The molecule has 7 heteroatoms. The maximum Gasteiger partial charge on any atom is 0.291 e. The third-order valence-electron chi connectivity index (χ3n) is 4.64. The van der Waals surface area contributed by atoms with E-state index in [0.29, 0.717) is 29.5 Å². The average molecular weight is 427 g/mol. The molecular formula is C25H21N3O4. The first kappa shape index (κ1) is 20.8. The van der Waals surface area contributed by atoms with Crippen molar-refractivity contribution < 1.29 is 18.7 Å². The van der Waals surface area contributed by atoms with Crippen molar-refractivity contribution in [2.75, 3.05) is 19.5 Å². The molecule has 7 nitrogen and oxygen atoms in total. The lowest BCUT2D eigenvalue weighted by Gasteiger charge is -2.12. The van der Waals surface area contributed by atoms with E-state index >= 15 is 0 Å². The van der Waals surface area contributed by atoms with Gasteiger partial charge in [-0.05, 0) is 36.3 Å². The number of methoxy groups -OCH3 is 2. The number of nitrogens with zero attached hydrogens (tertiary/aromatic N) is 2. The summed E-state index contributed by atoms with van der Waals surface area (Å²) in [7, 11) is 3.19. The van der Waals surface area contributed by atoms with E-state index in [9.17, 15) is 4.79 Å². The van der Waals surface area contributed by atoms with Crippen LogP contribution in [0.25, 0.3) is 0 Å². The van der Waals surface area contributed by atoms with E-state index in [1.807, 2.05) is 48.5 Å². The number of hydrogen-bond acceptors (Lipinski definition) is 5. The van der Waals surface area contributed by atoms with Crippen molar-refractivity contribution in [3.05, 3.63) is 95.7 Å².